The van der Waals surface area contributed by atoms with Gasteiger partial charge in [-0.15, -0.1) is 0 Å². The molecule has 2 heterocycles. The number of amides is 2. The highest BCUT2D eigenvalue weighted by atomic mass is 32.2. The van der Waals surface area contributed by atoms with Crippen LogP contribution in [-0.4, -0.2) is 77.8 Å². The van der Waals surface area contributed by atoms with Gasteiger partial charge < -0.3 is 9.80 Å². The second-order valence-corrected chi connectivity index (χ2v) is 12.4. The van der Waals surface area contributed by atoms with Crippen LogP contribution in [0.15, 0.2) is 58.3 Å². The summed E-state index contributed by atoms with van der Waals surface area (Å²) in [5.41, 5.74) is 1.98. The van der Waals surface area contributed by atoms with Gasteiger partial charge in [0.25, 0.3) is 20.2 Å². The number of nitrogens with zero attached hydrogens (tertiary/aromatic N) is 2. The molecule has 0 atom stereocenters. The largest absolute Gasteiger partial charge is 0.340 e. The highest BCUT2D eigenvalue weighted by molar-refractivity contribution is 7.87. The van der Waals surface area contributed by atoms with Gasteiger partial charge in [0, 0.05) is 39.0 Å². The Kier molecular flexibility index (Phi) is 10.4. The first-order valence-corrected chi connectivity index (χ1v) is 15.3. The second kappa shape index (κ2) is 13.3. The quantitative estimate of drug-likeness (QED) is 0.402. The van der Waals surface area contributed by atoms with E-state index in [2.05, 4.69) is 0 Å². The lowest BCUT2D eigenvalue weighted by molar-refractivity contribution is -0.128. The normalized spacial score (nSPS) is 16.1. The molecular weight excluding hydrogens is 532 g/mol. The molecule has 208 valence electrons. The topological polar surface area (TPSA) is 127 Å². The van der Waals surface area contributed by atoms with Gasteiger partial charge in [-0.25, -0.2) is 0 Å². The van der Waals surface area contributed by atoms with E-state index >= 15 is 0 Å². The smallest absolute Gasteiger partial charge is 0.297 e. The average Bonchev–Trinajstić information content (AvgIpc) is 3.47. The van der Waals surface area contributed by atoms with Gasteiger partial charge in [0.1, 0.15) is 0 Å². The molecule has 2 aliphatic rings. The minimum atomic E-state index is -3.72. The Morgan fingerprint density at radius 3 is 1.26 bits per heavy atom. The molecule has 0 N–H and O–H groups in total. The second-order valence-electron chi connectivity index (χ2n) is 9.15. The van der Waals surface area contributed by atoms with E-state index in [1.165, 1.54) is 24.3 Å². The fourth-order valence-corrected chi connectivity index (χ4v) is 5.74. The molecule has 4 rings (SSSR count). The van der Waals surface area contributed by atoms with Crippen LogP contribution in [-0.2, 0) is 38.2 Å². The summed E-state index contributed by atoms with van der Waals surface area (Å²) in [7, 11) is -7.45. The summed E-state index contributed by atoms with van der Waals surface area (Å²) in [6.07, 6.45) is 2.77. The molecule has 0 spiro atoms. The predicted octanol–water partition coefficient (Wildman–Crippen LogP) is 2.65. The molecule has 0 bridgehead atoms. The van der Waals surface area contributed by atoms with Crippen molar-refractivity contribution < 1.29 is 34.8 Å². The lowest BCUT2D eigenvalue weighted by Gasteiger charge is -2.15. The minimum absolute atomic E-state index is 0.00193. The average molecular weight is 567 g/mol. The Morgan fingerprint density at radius 1 is 0.632 bits per heavy atom. The molecule has 0 aromatic heterocycles. The molecule has 2 amide bonds. The number of carbonyl (C=O) groups is 2. The summed E-state index contributed by atoms with van der Waals surface area (Å²) in [4.78, 5) is 26.3. The van der Waals surface area contributed by atoms with Crippen molar-refractivity contribution in [1.82, 2.24) is 9.80 Å². The molecule has 0 aliphatic carbocycles. The fourth-order valence-electron chi connectivity index (χ4n) is 3.94. The molecule has 2 saturated heterocycles. The van der Waals surface area contributed by atoms with Crippen LogP contribution in [0.25, 0.3) is 0 Å². The van der Waals surface area contributed by atoms with Gasteiger partial charge in [-0.2, -0.15) is 16.8 Å². The van der Waals surface area contributed by atoms with Crippen molar-refractivity contribution in [1.29, 1.82) is 0 Å². The zero-order chi connectivity index (χ0) is 27.8. The van der Waals surface area contributed by atoms with Crippen LogP contribution < -0.4 is 0 Å². The third kappa shape index (κ3) is 8.62. The summed E-state index contributed by atoms with van der Waals surface area (Å²) in [5.74, 6) is 0.132. The first-order chi connectivity index (χ1) is 18.0. The van der Waals surface area contributed by atoms with Crippen molar-refractivity contribution in [2.75, 3.05) is 39.4 Å². The van der Waals surface area contributed by atoms with Crippen molar-refractivity contribution in [2.24, 2.45) is 0 Å². The maximum Gasteiger partial charge on any atom is 0.297 e. The van der Waals surface area contributed by atoms with E-state index in [4.69, 9.17) is 8.37 Å². The fraction of sp³-hybridized carbons (Fsp3) is 0.462. The zero-order valence-electron chi connectivity index (χ0n) is 21.7. The standard InChI is InChI=1S/2C13H17NO4S/c2*1-11-4-6-12(7-5-11)19(16,17)18-10-9-14-8-2-3-13(14)15/h2*4-7H,2-3,8-10H2,1H3. The van der Waals surface area contributed by atoms with E-state index in [1.54, 1.807) is 34.1 Å². The molecule has 2 fully saturated rings. The molecule has 2 aliphatic heterocycles. The molecule has 0 saturated carbocycles. The molecule has 0 unspecified atom stereocenters. The maximum absolute atomic E-state index is 11.9. The van der Waals surface area contributed by atoms with Crippen LogP contribution in [0.4, 0.5) is 0 Å². The monoisotopic (exact) mass is 566 g/mol. The Labute approximate surface area is 224 Å². The van der Waals surface area contributed by atoms with Gasteiger partial charge in [-0.05, 0) is 51.0 Å². The summed E-state index contributed by atoms with van der Waals surface area (Å²) >= 11 is 0. The van der Waals surface area contributed by atoms with E-state index in [0.717, 1.165) is 24.0 Å². The Hall–Kier alpha value is -2.80. The summed E-state index contributed by atoms with van der Waals surface area (Å²) in [5, 5.41) is 0. The van der Waals surface area contributed by atoms with E-state index in [1.807, 2.05) is 13.8 Å². The van der Waals surface area contributed by atoms with E-state index < -0.39 is 20.2 Å². The van der Waals surface area contributed by atoms with E-state index in [0.29, 0.717) is 39.0 Å². The van der Waals surface area contributed by atoms with E-state index in [9.17, 15) is 26.4 Å². The number of aryl methyl sites for hydroxylation is 2. The van der Waals surface area contributed by atoms with Crippen molar-refractivity contribution in [3.63, 3.8) is 0 Å². The highest BCUT2D eigenvalue weighted by Crippen LogP contribution is 2.15. The van der Waals surface area contributed by atoms with Gasteiger partial charge >= 0.3 is 0 Å². The van der Waals surface area contributed by atoms with E-state index in [-0.39, 0.29) is 34.8 Å². The zero-order valence-corrected chi connectivity index (χ0v) is 23.3. The Balaban J connectivity index is 0.000000211. The van der Waals surface area contributed by atoms with Crippen LogP contribution in [0.1, 0.15) is 36.8 Å². The molecular formula is C26H34N2O8S2. The molecule has 38 heavy (non-hydrogen) atoms. The number of carbonyl (C=O) groups excluding carboxylic acids is 2. The minimum Gasteiger partial charge on any atom is -0.340 e. The predicted molar refractivity (Wildman–Crippen MR) is 140 cm³/mol. The summed E-state index contributed by atoms with van der Waals surface area (Å²) in [6, 6.07) is 13.0. The van der Waals surface area contributed by atoms with Gasteiger partial charge in [0.2, 0.25) is 11.8 Å². The number of hydrogen-bond donors (Lipinski definition) is 0. The number of hydrogen-bond acceptors (Lipinski definition) is 8. The Morgan fingerprint density at radius 2 is 0.974 bits per heavy atom. The SMILES string of the molecule is Cc1ccc(S(=O)(=O)OCCN2CCCC2=O)cc1.Cc1ccc(S(=O)(=O)OCCN2CCCC2=O)cc1. The third-order valence-electron chi connectivity index (χ3n) is 6.16. The number of rotatable bonds is 10. The van der Waals surface area contributed by atoms with Gasteiger partial charge in [-0.3, -0.25) is 18.0 Å². The molecule has 12 heteroatoms. The number of benzene rings is 2. The van der Waals surface area contributed by atoms with Crippen LogP contribution >= 0.6 is 0 Å². The molecule has 0 radical (unpaired) electrons. The summed E-state index contributed by atoms with van der Waals surface area (Å²) < 4.78 is 57.4. The molecule has 2 aromatic carbocycles. The maximum atomic E-state index is 11.9. The van der Waals surface area contributed by atoms with Crippen LogP contribution in [0.2, 0.25) is 0 Å². The Bertz CT molecular complexity index is 1200. The van der Waals surface area contributed by atoms with Crippen molar-refractivity contribution in [3.05, 3.63) is 59.7 Å². The van der Waals surface area contributed by atoms with Crippen LogP contribution in [0.5, 0.6) is 0 Å². The third-order valence-corrected chi connectivity index (χ3v) is 8.81. The van der Waals surface area contributed by atoms with Crippen molar-refractivity contribution in [3.8, 4) is 0 Å². The first kappa shape index (κ1) is 29.8. The van der Waals surface area contributed by atoms with Crippen LogP contribution in [0, 0.1) is 13.8 Å². The number of likely N-dealkylation sites (tertiary alicyclic amines) is 2. The van der Waals surface area contributed by atoms with Crippen molar-refractivity contribution in [2.45, 2.75) is 49.3 Å². The van der Waals surface area contributed by atoms with Gasteiger partial charge in [0.15, 0.2) is 0 Å². The molecule has 10 nitrogen and oxygen atoms in total. The summed E-state index contributed by atoms with van der Waals surface area (Å²) in [6.45, 7) is 5.80. The van der Waals surface area contributed by atoms with Gasteiger partial charge in [0.05, 0.1) is 23.0 Å². The van der Waals surface area contributed by atoms with Crippen molar-refractivity contribution >= 4 is 32.1 Å². The first-order valence-electron chi connectivity index (χ1n) is 12.5. The highest BCUT2D eigenvalue weighted by Gasteiger charge is 2.22. The molecule has 2 aromatic rings. The van der Waals surface area contributed by atoms with Gasteiger partial charge in [-0.1, -0.05) is 35.4 Å². The van der Waals surface area contributed by atoms with Crippen LogP contribution in [0.3, 0.4) is 0 Å². The lowest BCUT2D eigenvalue weighted by atomic mass is 10.2. The lowest BCUT2D eigenvalue weighted by Crippen LogP contribution is -2.29.